The van der Waals surface area contributed by atoms with Gasteiger partial charge in [0.2, 0.25) is 5.88 Å². The molecule has 0 radical (unpaired) electrons. The second-order valence-corrected chi connectivity index (χ2v) is 6.24. The van der Waals surface area contributed by atoms with Gasteiger partial charge in [0.25, 0.3) is 5.56 Å². The minimum atomic E-state index is -0.404. The monoisotopic (exact) mass is 373 g/mol. The summed E-state index contributed by atoms with van der Waals surface area (Å²) in [6.45, 7) is 0. The quantitative estimate of drug-likeness (QED) is 0.705. The fourth-order valence-electron chi connectivity index (χ4n) is 2.90. The van der Waals surface area contributed by atoms with E-state index in [0.29, 0.717) is 17.1 Å². The third kappa shape index (κ3) is 3.07. The first-order valence-corrected chi connectivity index (χ1v) is 8.72. The van der Waals surface area contributed by atoms with Crippen molar-refractivity contribution in [3.8, 4) is 17.3 Å². The molecule has 0 aliphatic carbocycles. The predicted octanol–water partition coefficient (Wildman–Crippen LogP) is 4.04. The Kier molecular flexibility index (Phi) is 4.40. The number of aromatic nitrogens is 2. The Balaban J connectivity index is 2.10. The Morgan fingerprint density at radius 2 is 1.52 bits per heavy atom. The molecular weight excluding hydrogens is 358 g/mol. The second kappa shape index (κ2) is 7.01. The first kappa shape index (κ1) is 16.9. The predicted molar refractivity (Wildman–Crippen MR) is 109 cm³/mol. The second-order valence-electron chi connectivity index (χ2n) is 5.87. The molecule has 2 heterocycles. The van der Waals surface area contributed by atoms with Gasteiger partial charge in [-0.15, -0.1) is 0 Å². The van der Waals surface area contributed by atoms with Crippen LogP contribution in [-0.4, -0.2) is 20.5 Å². The first-order chi connectivity index (χ1) is 13.2. The molecular formula is C21H15N3O2S. The highest BCUT2D eigenvalue weighted by Gasteiger charge is 2.18. The summed E-state index contributed by atoms with van der Waals surface area (Å²) in [6.07, 6.45) is 6.72. The van der Waals surface area contributed by atoms with Crippen LogP contribution in [0.15, 0.2) is 88.3 Å². The fraction of sp³-hybridized carbons (Fsp3) is 0. The van der Waals surface area contributed by atoms with Crippen LogP contribution in [0.1, 0.15) is 5.56 Å². The summed E-state index contributed by atoms with van der Waals surface area (Å²) in [6, 6.07) is 18.3. The zero-order valence-corrected chi connectivity index (χ0v) is 15.0. The molecule has 132 valence electrons. The van der Waals surface area contributed by atoms with Gasteiger partial charge < -0.3 is 5.11 Å². The molecule has 0 unspecified atom stereocenters. The van der Waals surface area contributed by atoms with Gasteiger partial charge in [-0.3, -0.25) is 18.9 Å². The van der Waals surface area contributed by atoms with E-state index in [0.717, 1.165) is 0 Å². The molecule has 3 aromatic rings. The first-order valence-electron chi connectivity index (χ1n) is 8.31. The van der Waals surface area contributed by atoms with Gasteiger partial charge in [-0.05, 0) is 54.7 Å². The number of hydrogen-bond donors (Lipinski definition) is 1. The van der Waals surface area contributed by atoms with Crippen LogP contribution >= 0.6 is 12.2 Å². The molecule has 4 rings (SSSR count). The highest BCUT2D eigenvalue weighted by molar-refractivity contribution is 7.71. The maximum atomic E-state index is 13.2. The lowest BCUT2D eigenvalue weighted by Crippen LogP contribution is -2.25. The molecule has 1 aliphatic rings. The SMILES string of the molecule is O=c1c(C=C2C=CC=N2)c(O)n(-c2ccccc2)c(=S)n1-c1ccccc1. The number of aliphatic imine (C=N–C) groups is 1. The minimum absolute atomic E-state index is 0.120. The molecule has 1 aromatic heterocycles. The molecule has 0 fully saturated rings. The summed E-state index contributed by atoms with van der Waals surface area (Å²) < 4.78 is 3.08. The van der Waals surface area contributed by atoms with E-state index in [2.05, 4.69) is 4.99 Å². The van der Waals surface area contributed by atoms with Crippen molar-refractivity contribution in [2.24, 2.45) is 4.99 Å². The topological polar surface area (TPSA) is 59.5 Å². The van der Waals surface area contributed by atoms with Gasteiger partial charge in [0.1, 0.15) is 5.56 Å². The average molecular weight is 373 g/mol. The Bertz CT molecular complexity index is 1190. The van der Waals surface area contributed by atoms with E-state index < -0.39 is 5.56 Å². The molecule has 1 N–H and O–H groups in total. The number of hydrogen-bond acceptors (Lipinski definition) is 4. The lowest BCUT2D eigenvalue weighted by molar-refractivity contribution is 0.429. The van der Waals surface area contributed by atoms with E-state index >= 15 is 0 Å². The van der Waals surface area contributed by atoms with Crippen molar-refractivity contribution < 1.29 is 5.11 Å². The number of para-hydroxylation sites is 2. The van der Waals surface area contributed by atoms with Crippen molar-refractivity contribution >= 4 is 24.5 Å². The number of aromatic hydroxyl groups is 1. The zero-order chi connectivity index (χ0) is 18.8. The standard InChI is InChI=1S/C21H15N3O2S/c25-19-18(14-15-8-7-13-22-15)20(26)24(17-11-5-2-6-12-17)21(27)23(19)16-9-3-1-4-10-16/h1-14,25H. The van der Waals surface area contributed by atoms with E-state index in [1.165, 1.54) is 9.13 Å². The van der Waals surface area contributed by atoms with E-state index in [1.54, 1.807) is 36.6 Å². The number of nitrogens with zero attached hydrogens (tertiary/aromatic N) is 3. The summed E-state index contributed by atoms with van der Waals surface area (Å²) in [5.74, 6) is -0.216. The van der Waals surface area contributed by atoms with E-state index in [9.17, 15) is 9.90 Å². The van der Waals surface area contributed by atoms with Crippen LogP contribution < -0.4 is 5.56 Å². The molecule has 6 heteroatoms. The van der Waals surface area contributed by atoms with Crippen LogP contribution in [0, 0.1) is 4.77 Å². The van der Waals surface area contributed by atoms with Crippen molar-refractivity contribution in [1.29, 1.82) is 0 Å². The maximum absolute atomic E-state index is 13.2. The highest BCUT2D eigenvalue weighted by atomic mass is 32.1. The lowest BCUT2D eigenvalue weighted by atomic mass is 10.2. The zero-order valence-electron chi connectivity index (χ0n) is 14.2. The van der Waals surface area contributed by atoms with Crippen LogP contribution in [0.2, 0.25) is 0 Å². The summed E-state index contributed by atoms with van der Waals surface area (Å²) in [4.78, 5) is 17.4. The Morgan fingerprint density at radius 1 is 0.926 bits per heavy atom. The normalized spacial score (nSPS) is 14.1. The molecule has 0 amide bonds. The van der Waals surface area contributed by atoms with E-state index in [1.807, 2.05) is 48.5 Å². The molecule has 0 saturated carbocycles. The van der Waals surface area contributed by atoms with Crippen LogP contribution in [0.3, 0.4) is 0 Å². The molecule has 1 aliphatic heterocycles. The molecule has 0 saturated heterocycles. The van der Waals surface area contributed by atoms with Gasteiger partial charge in [-0.2, -0.15) is 0 Å². The Labute approximate surface area is 160 Å². The summed E-state index contributed by atoms with van der Waals surface area (Å²) in [5.41, 5.74) is 1.59. The third-order valence-electron chi connectivity index (χ3n) is 4.17. The van der Waals surface area contributed by atoms with E-state index in [4.69, 9.17) is 12.2 Å². The molecule has 0 bridgehead atoms. The van der Waals surface area contributed by atoms with Crippen LogP contribution in [0.25, 0.3) is 17.5 Å². The van der Waals surface area contributed by atoms with Crippen molar-refractivity contribution in [3.63, 3.8) is 0 Å². The molecule has 5 nitrogen and oxygen atoms in total. The van der Waals surface area contributed by atoms with E-state index in [-0.39, 0.29) is 16.2 Å². The summed E-state index contributed by atoms with van der Waals surface area (Å²) in [7, 11) is 0. The smallest absolute Gasteiger partial charge is 0.270 e. The largest absolute Gasteiger partial charge is 0.494 e. The van der Waals surface area contributed by atoms with Gasteiger partial charge in [0.05, 0.1) is 17.1 Å². The van der Waals surface area contributed by atoms with Crippen molar-refractivity contribution in [1.82, 2.24) is 9.13 Å². The van der Waals surface area contributed by atoms with Crippen molar-refractivity contribution in [2.75, 3.05) is 0 Å². The Hall–Kier alpha value is -3.51. The fourth-order valence-corrected chi connectivity index (χ4v) is 3.28. The highest BCUT2D eigenvalue weighted by Crippen LogP contribution is 2.24. The lowest BCUT2D eigenvalue weighted by Gasteiger charge is -2.16. The van der Waals surface area contributed by atoms with Gasteiger partial charge in [-0.1, -0.05) is 36.4 Å². The number of benzene rings is 2. The molecule has 27 heavy (non-hydrogen) atoms. The maximum Gasteiger partial charge on any atom is 0.270 e. The van der Waals surface area contributed by atoms with Crippen LogP contribution in [-0.2, 0) is 0 Å². The molecule has 2 aromatic carbocycles. The number of allylic oxidation sites excluding steroid dienone is 2. The van der Waals surface area contributed by atoms with Crippen LogP contribution in [0.5, 0.6) is 5.88 Å². The Morgan fingerprint density at radius 3 is 2.07 bits per heavy atom. The summed E-state index contributed by atoms with van der Waals surface area (Å²) in [5, 5.41) is 10.9. The number of rotatable bonds is 3. The third-order valence-corrected chi connectivity index (χ3v) is 4.53. The van der Waals surface area contributed by atoms with Gasteiger partial charge in [0.15, 0.2) is 4.77 Å². The minimum Gasteiger partial charge on any atom is -0.494 e. The molecule has 0 spiro atoms. The van der Waals surface area contributed by atoms with Crippen molar-refractivity contribution in [2.45, 2.75) is 0 Å². The van der Waals surface area contributed by atoms with Gasteiger partial charge in [0, 0.05) is 6.21 Å². The van der Waals surface area contributed by atoms with Crippen molar-refractivity contribution in [3.05, 3.63) is 99.2 Å². The summed E-state index contributed by atoms with van der Waals surface area (Å²) >= 11 is 5.57. The van der Waals surface area contributed by atoms with Crippen LogP contribution in [0.4, 0.5) is 0 Å². The van der Waals surface area contributed by atoms with Gasteiger partial charge in [-0.25, -0.2) is 0 Å². The van der Waals surface area contributed by atoms with Gasteiger partial charge >= 0.3 is 0 Å². The molecule has 0 atom stereocenters. The average Bonchev–Trinajstić information content (AvgIpc) is 3.20.